The van der Waals surface area contributed by atoms with Gasteiger partial charge in [0.25, 0.3) is 0 Å². The van der Waals surface area contributed by atoms with Crippen LogP contribution in [0.3, 0.4) is 0 Å². The molecule has 4 rings (SSSR count). The summed E-state index contributed by atoms with van der Waals surface area (Å²) >= 11 is 0. The fourth-order valence-electron chi connectivity index (χ4n) is 3.49. The Kier molecular flexibility index (Phi) is 3.46. The number of nitrogens with zero attached hydrogens (tertiary/aromatic N) is 5. The van der Waals surface area contributed by atoms with Crippen molar-refractivity contribution in [1.29, 1.82) is 0 Å². The van der Waals surface area contributed by atoms with E-state index in [1.165, 1.54) is 0 Å². The van der Waals surface area contributed by atoms with Crippen LogP contribution in [0.25, 0.3) is 5.65 Å². The Morgan fingerprint density at radius 1 is 1.27 bits per heavy atom. The third-order valence-electron chi connectivity index (χ3n) is 4.85. The summed E-state index contributed by atoms with van der Waals surface area (Å²) in [6, 6.07) is 3.94. The fourth-order valence-corrected chi connectivity index (χ4v) is 3.49. The molecule has 1 saturated carbocycles. The van der Waals surface area contributed by atoms with E-state index in [4.69, 9.17) is 0 Å². The lowest BCUT2D eigenvalue weighted by molar-refractivity contribution is 0.0466. The van der Waals surface area contributed by atoms with Gasteiger partial charge in [0.1, 0.15) is 12.1 Å². The first kappa shape index (κ1) is 13.9. The highest BCUT2D eigenvalue weighted by Gasteiger charge is 2.32. The summed E-state index contributed by atoms with van der Waals surface area (Å²) in [4.78, 5) is 2.26. The van der Waals surface area contributed by atoms with E-state index in [0.717, 1.165) is 63.3 Å². The number of anilines is 1. The molecule has 2 aromatic rings. The van der Waals surface area contributed by atoms with Gasteiger partial charge in [0, 0.05) is 32.1 Å². The number of nitrogens with one attached hydrogen (secondary N) is 1. The maximum atomic E-state index is 10.3. The molecule has 0 unspecified atom stereocenters. The van der Waals surface area contributed by atoms with Gasteiger partial charge >= 0.3 is 0 Å². The van der Waals surface area contributed by atoms with Gasteiger partial charge in [0.05, 0.1) is 5.60 Å². The zero-order chi connectivity index (χ0) is 15.0. The van der Waals surface area contributed by atoms with Gasteiger partial charge in [-0.15, -0.1) is 15.3 Å². The highest BCUT2D eigenvalue weighted by molar-refractivity contribution is 5.46. The molecule has 0 bridgehead atoms. The SMILES string of the molecule is OC1(CNCC2CN(c3ccc4nncn4n3)C2)CCCC1. The first-order valence-electron chi connectivity index (χ1n) is 8.07. The van der Waals surface area contributed by atoms with Crippen molar-refractivity contribution in [3.8, 4) is 0 Å². The van der Waals surface area contributed by atoms with Crippen molar-refractivity contribution in [2.24, 2.45) is 5.92 Å². The van der Waals surface area contributed by atoms with E-state index in [2.05, 4.69) is 25.5 Å². The Balaban J connectivity index is 1.25. The Morgan fingerprint density at radius 2 is 2.09 bits per heavy atom. The Morgan fingerprint density at radius 3 is 2.91 bits per heavy atom. The number of hydrogen-bond acceptors (Lipinski definition) is 6. The summed E-state index contributed by atoms with van der Waals surface area (Å²) in [5.74, 6) is 1.60. The van der Waals surface area contributed by atoms with Crippen LogP contribution < -0.4 is 10.2 Å². The molecule has 0 spiro atoms. The summed E-state index contributed by atoms with van der Waals surface area (Å²) < 4.78 is 1.70. The van der Waals surface area contributed by atoms with Gasteiger partial charge in [-0.2, -0.15) is 4.52 Å². The van der Waals surface area contributed by atoms with Crippen molar-refractivity contribution in [3.05, 3.63) is 18.5 Å². The molecule has 2 aromatic heterocycles. The second-order valence-electron chi connectivity index (χ2n) is 6.66. The number of rotatable bonds is 5. The number of hydrogen-bond donors (Lipinski definition) is 2. The van der Waals surface area contributed by atoms with Gasteiger partial charge in [-0.25, -0.2) is 0 Å². The van der Waals surface area contributed by atoms with Gasteiger partial charge in [0.2, 0.25) is 0 Å². The maximum Gasteiger partial charge on any atom is 0.177 e. The molecule has 0 radical (unpaired) electrons. The van der Waals surface area contributed by atoms with Gasteiger partial charge in [-0.1, -0.05) is 12.8 Å². The number of fused-ring (bicyclic) bond motifs is 1. The van der Waals surface area contributed by atoms with Crippen LogP contribution in [0.4, 0.5) is 5.82 Å². The summed E-state index contributed by atoms with van der Waals surface area (Å²) in [6.45, 7) is 3.71. The van der Waals surface area contributed by atoms with Crippen molar-refractivity contribution >= 4 is 11.5 Å². The van der Waals surface area contributed by atoms with Crippen molar-refractivity contribution in [1.82, 2.24) is 25.1 Å². The molecule has 22 heavy (non-hydrogen) atoms. The quantitative estimate of drug-likeness (QED) is 0.835. The van der Waals surface area contributed by atoms with E-state index in [0.29, 0.717) is 5.92 Å². The predicted octanol–water partition coefficient (Wildman–Crippen LogP) is 0.455. The molecule has 2 aliphatic rings. The lowest BCUT2D eigenvalue weighted by Crippen LogP contribution is -2.52. The topological polar surface area (TPSA) is 78.6 Å². The van der Waals surface area contributed by atoms with Crippen molar-refractivity contribution in [2.45, 2.75) is 31.3 Å². The number of aromatic nitrogens is 4. The summed E-state index contributed by atoms with van der Waals surface area (Å²) in [5, 5.41) is 26.1. The third kappa shape index (κ3) is 2.66. The van der Waals surface area contributed by atoms with Gasteiger partial charge in [-0.3, -0.25) is 0 Å². The Bertz CT molecular complexity index is 644. The fraction of sp³-hybridized carbons (Fsp3) is 0.667. The van der Waals surface area contributed by atoms with Crippen LogP contribution in [0.2, 0.25) is 0 Å². The largest absolute Gasteiger partial charge is 0.389 e. The van der Waals surface area contributed by atoms with E-state index >= 15 is 0 Å². The zero-order valence-electron chi connectivity index (χ0n) is 12.6. The Labute approximate surface area is 129 Å². The summed E-state index contributed by atoms with van der Waals surface area (Å²) in [5.41, 5.74) is 0.317. The first-order valence-corrected chi connectivity index (χ1v) is 8.07. The van der Waals surface area contributed by atoms with Gasteiger partial charge in [-0.05, 0) is 25.0 Å². The second-order valence-corrected chi connectivity index (χ2v) is 6.66. The molecular weight excluding hydrogens is 280 g/mol. The molecule has 7 heteroatoms. The molecule has 1 aliphatic carbocycles. The van der Waals surface area contributed by atoms with Crippen LogP contribution in [0.5, 0.6) is 0 Å². The minimum absolute atomic E-state index is 0.454. The van der Waals surface area contributed by atoms with E-state index in [1.54, 1.807) is 10.8 Å². The van der Waals surface area contributed by atoms with Crippen LogP contribution >= 0.6 is 0 Å². The van der Waals surface area contributed by atoms with Crippen LogP contribution in [-0.2, 0) is 0 Å². The molecule has 1 aliphatic heterocycles. The van der Waals surface area contributed by atoms with Crippen molar-refractivity contribution in [3.63, 3.8) is 0 Å². The average Bonchev–Trinajstić information content (AvgIpc) is 3.09. The van der Waals surface area contributed by atoms with Gasteiger partial charge < -0.3 is 15.3 Å². The molecule has 118 valence electrons. The molecule has 3 heterocycles. The molecule has 1 saturated heterocycles. The molecule has 0 atom stereocenters. The minimum Gasteiger partial charge on any atom is -0.389 e. The highest BCUT2D eigenvalue weighted by atomic mass is 16.3. The summed E-state index contributed by atoms with van der Waals surface area (Å²) in [7, 11) is 0. The number of aliphatic hydroxyl groups is 1. The van der Waals surface area contributed by atoms with Crippen molar-refractivity contribution in [2.75, 3.05) is 31.1 Å². The van der Waals surface area contributed by atoms with E-state index in [1.807, 2.05) is 12.1 Å². The van der Waals surface area contributed by atoms with E-state index in [9.17, 15) is 5.11 Å². The average molecular weight is 302 g/mol. The normalized spacial score (nSPS) is 21.4. The predicted molar refractivity (Wildman–Crippen MR) is 82.8 cm³/mol. The Hall–Kier alpha value is -1.73. The van der Waals surface area contributed by atoms with Crippen LogP contribution in [0.15, 0.2) is 18.5 Å². The maximum absolute atomic E-state index is 10.3. The lowest BCUT2D eigenvalue weighted by Gasteiger charge is -2.40. The summed E-state index contributed by atoms with van der Waals surface area (Å²) in [6.07, 6.45) is 5.83. The molecule has 0 aromatic carbocycles. The molecular formula is C15H22N6O. The van der Waals surface area contributed by atoms with E-state index < -0.39 is 5.60 Å². The second kappa shape index (κ2) is 5.48. The van der Waals surface area contributed by atoms with Crippen LogP contribution in [0.1, 0.15) is 25.7 Å². The molecule has 2 N–H and O–H groups in total. The molecule has 2 fully saturated rings. The van der Waals surface area contributed by atoms with Crippen LogP contribution in [-0.4, -0.2) is 56.7 Å². The monoisotopic (exact) mass is 302 g/mol. The third-order valence-corrected chi connectivity index (χ3v) is 4.85. The minimum atomic E-state index is -0.454. The zero-order valence-corrected chi connectivity index (χ0v) is 12.6. The first-order chi connectivity index (χ1) is 10.7. The standard InChI is InChI=1S/C15H22N6O/c22-15(5-1-2-6-15)10-16-7-12-8-20(9-12)14-4-3-13-18-17-11-21(13)19-14/h3-4,11-12,16,22H,1-2,5-10H2. The van der Waals surface area contributed by atoms with E-state index in [-0.39, 0.29) is 0 Å². The lowest BCUT2D eigenvalue weighted by atomic mass is 9.98. The highest BCUT2D eigenvalue weighted by Crippen LogP contribution is 2.29. The van der Waals surface area contributed by atoms with Crippen LogP contribution in [0, 0.1) is 5.92 Å². The molecule has 7 nitrogen and oxygen atoms in total. The smallest absolute Gasteiger partial charge is 0.177 e. The van der Waals surface area contributed by atoms with Gasteiger partial charge in [0.15, 0.2) is 5.65 Å². The molecule has 0 amide bonds. The van der Waals surface area contributed by atoms with Crippen molar-refractivity contribution < 1.29 is 5.11 Å².